The van der Waals surface area contributed by atoms with Crippen LogP contribution in [0.4, 0.5) is 8.78 Å². The Hall–Kier alpha value is -1.98. The molecule has 2 heterocycles. The molecule has 3 rings (SSSR count). The van der Waals surface area contributed by atoms with E-state index < -0.39 is 17.5 Å². The van der Waals surface area contributed by atoms with Gasteiger partial charge in [0, 0.05) is 32.1 Å². The molecule has 2 saturated heterocycles. The summed E-state index contributed by atoms with van der Waals surface area (Å²) < 4.78 is 26.9. The molecule has 6 heteroatoms. The first kappa shape index (κ1) is 15.9. The van der Waals surface area contributed by atoms with E-state index >= 15 is 0 Å². The second-order valence-electron chi connectivity index (χ2n) is 6.22. The summed E-state index contributed by atoms with van der Waals surface area (Å²) in [7, 11) is 0. The van der Waals surface area contributed by atoms with Crippen LogP contribution in [0.25, 0.3) is 0 Å². The van der Waals surface area contributed by atoms with Gasteiger partial charge in [-0.25, -0.2) is 8.78 Å². The normalized spacial score (nSPS) is 19.2. The molecule has 0 atom stereocenters. The van der Waals surface area contributed by atoms with Crippen molar-refractivity contribution in [3.05, 3.63) is 35.4 Å². The van der Waals surface area contributed by atoms with Crippen molar-refractivity contribution in [2.24, 2.45) is 5.92 Å². The Labute approximate surface area is 134 Å². The van der Waals surface area contributed by atoms with E-state index in [9.17, 15) is 18.4 Å². The van der Waals surface area contributed by atoms with Crippen molar-refractivity contribution >= 4 is 11.8 Å². The molecule has 2 aliphatic heterocycles. The SMILES string of the molecule is O=C(c1cc(F)ccc1F)N1CCC(C(=O)N2CCCC2)CC1. The van der Waals surface area contributed by atoms with Gasteiger partial charge in [0.25, 0.3) is 5.91 Å². The summed E-state index contributed by atoms with van der Waals surface area (Å²) in [6, 6.07) is 2.89. The Kier molecular flexibility index (Phi) is 4.59. The molecule has 0 aromatic heterocycles. The van der Waals surface area contributed by atoms with Gasteiger partial charge in [0.2, 0.25) is 5.91 Å². The monoisotopic (exact) mass is 322 g/mol. The van der Waals surface area contributed by atoms with Gasteiger partial charge in [0.15, 0.2) is 0 Å². The van der Waals surface area contributed by atoms with E-state index in [4.69, 9.17) is 0 Å². The molecule has 0 radical (unpaired) electrons. The Bertz CT molecular complexity index is 607. The van der Waals surface area contributed by atoms with Gasteiger partial charge in [0.05, 0.1) is 5.56 Å². The number of benzene rings is 1. The van der Waals surface area contributed by atoms with Gasteiger partial charge >= 0.3 is 0 Å². The van der Waals surface area contributed by atoms with Crippen LogP contribution in [0.1, 0.15) is 36.0 Å². The molecular formula is C17H20F2N2O2. The largest absolute Gasteiger partial charge is 0.342 e. The number of carbonyl (C=O) groups excluding carboxylic acids is 2. The van der Waals surface area contributed by atoms with E-state index in [-0.39, 0.29) is 17.4 Å². The third-order valence-corrected chi connectivity index (χ3v) is 4.71. The first-order valence-corrected chi connectivity index (χ1v) is 8.09. The van der Waals surface area contributed by atoms with Gasteiger partial charge in [0.1, 0.15) is 11.6 Å². The van der Waals surface area contributed by atoms with E-state index in [0.717, 1.165) is 44.1 Å². The molecule has 0 unspecified atom stereocenters. The number of carbonyl (C=O) groups is 2. The fraction of sp³-hybridized carbons (Fsp3) is 0.529. The molecule has 124 valence electrons. The van der Waals surface area contributed by atoms with Crippen molar-refractivity contribution < 1.29 is 18.4 Å². The first-order valence-electron chi connectivity index (χ1n) is 8.09. The van der Waals surface area contributed by atoms with Gasteiger partial charge in [-0.2, -0.15) is 0 Å². The average molecular weight is 322 g/mol. The predicted octanol–water partition coefficient (Wildman–Crippen LogP) is 2.44. The van der Waals surface area contributed by atoms with Crippen LogP contribution in [0.5, 0.6) is 0 Å². The number of hydrogen-bond acceptors (Lipinski definition) is 2. The quantitative estimate of drug-likeness (QED) is 0.839. The van der Waals surface area contributed by atoms with E-state index in [2.05, 4.69) is 0 Å². The average Bonchev–Trinajstić information content (AvgIpc) is 3.10. The van der Waals surface area contributed by atoms with Crippen LogP contribution in [0.2, 0.25) is 0 Å². The number of nitrogens with zero attached hydrogens (tertiary/aromatic N) is 2. The molecule has 2 amide bonds. The van der Waals surface area contributed by atoms with Crippen LogP contribution in [0, 0.1) is 17.6 Å². The lowest BCUT2D eigenvalue weighted by Gasteiger charge is -2.33. The fourth-order valence-electron chi connectivity index (χ4n) is 3.36. The fourth-order valence-corrected chi connectivity index (χ4v) is 3.36. The minimum Gasteiger partial charge on any atom is -0.342 e. The van der Waals surface area contributed by atoms with Crippen LogP contribution in [-0.4, -0.2) is 47.8 Å². The summed E-state index contributed by atoms with van der Waals surface area (Å²) >= 11 is 0. The van der Waals surface area contributed by atoms with E-state index in [0.29, 0.717) is 25.9 Å². The van der Waals surface area contributed by atoms with Crippen molar-refractivity contribution in [1.82, 2.24) is 9.80 Å². The van der Waals surface area contributed by atoms with Crippen molar-refractivity contribution in [2.75, 3.05) is 26.2 Å². The third kappa shape index (κ3) is 3.35. The molecule has 1 aromatic carbocycles. The van der Waals surface area contributed by atoms with Crippen LogP contribution in [0.15, 0.2) is 18.2 Å². The van der Waals surface area contributed by atoms with Crippen LogP contribution < -0.4 is 0 Å². The Morgan fingerprint density at radius 2 is 1.61 bits per heavy atom. The maximum atomic E-state index is 13.7. The number of amides is 2. The highest BCUT2D eigenvalue weighted by Crippen LogP contribution is 2.23. The van der Waals surface area contributed by atoms with E-state index in [1.807, 2.05) is 4.90 Å². The number of likely N-dealkylation sites (tertiary alicyclic amines) is 2. The lowest BCUT2D eigenvalue weighted by Crippen LogP contribution is -2.44. The molecule has 0 aliphatic carbocycles. The minimum absolute atomic E-state index is 0.0606. The molecule has 0 spiro atoms. The number of halogens is 2. The first-order chi connectivity index (χ1) is 11.1. The lowest BCUT2D eigenvalue weighted by atomic mass is 9.95. The lowest BCUT2D eigenvalue weighted by molar-refractivity contribution is -0.135. The third-order valence-electron chi connectivity index (χ3n) is 4.71. The summed E-state index contributed by atoms with van der Waals surface area (Å²) in [5, 5.41) is 0. The highest BCUT2D eigenvalue weighted by molar-refractivity contribution is 5.94. The zero-order chi connectivity index (χ0) is 16.4. The molecule has 0 bridgehead atoms. The van der Waals surface area contributed by atoms with E-state index in [1.54, 1.807) is 0 Å². The minimum atomic E-state index is -0.716. The molecule has 4 nitrogen and oxygen atoms in total. The zero-order valence-corrected chi connectivity index (χ0v) is 12.9. The summed E-state index contributed by atoms with van der Waals surface area (Å²) in [6.45, 7) is 2.46. The van der Waals surface area contributed by atoms with Gasteiger partial charge < -0.3 is 9.80 Å². The second kappa shape index (κ2) is 6.64. The van der Waals surface area contributed by atoms with Crippen LogP contribution in [-0.2, 0) is 4.79 Å². The Balaban J connectivity index is 1.61. The summed E-state index contributed by atoms with van der Waals surface area (Å²) in [6.07, 6.45) is 3.28. The predicted molar refractivity (Wildman–Crippen MR) is 80.8 cm³/mol. The van der Waals surface area contributed by atoms with Crippen LogP contribution >= 0.6 is 0 Å². The highest BCUT2D eigenvalue weighted by atomic mass is 19.1. The smallest absolute Gasteiger partial charge is 0.256 e. The molecule has 23 heavy (non-hydrogen) atoms. The van der Waals surface area contributed by atoms with Gasteiger partial charge in [-0.15, -0.1) is 0 Å². The van der Waals surface area contributed by atoms with Gasteiger partial charge in [-0.3, -0.25) is 9.59 Å². The van der Waals surface area contributed by atoms with Crippen molar-refractivity contribution in [2.45, 2.75) is 25.7 Å². The molecule has 0 saturated carbocycles. The molecule has 2 fully saturated rings. The Morgan fingerprint density at radius 1 is 0.957 bits per heavy atom. The second-order valence-corrected chi connectivity index (χ2v) is 6.22. The van der Waals surface area contributed by atoms with Crippen molar-refractivity contribution in [3.8, 4) is 0 Å². The maximum absolute atomic E-state index is 13.7. The molecule has 2 aliphatic rings. The summed E-state index contributed by atoms with van der Waals surface area (Å²) in [5.74, 6) is -1.74. The zero-order valence-electron chi connectivity index (χ0n) is 12.9. The number of rotatable bonds is 2. The highest BCUT2D eigenvalue weighted by Gasteiger charge is 2.32. The summed E-state index contributed by atoms with van der Waals surface area (Å²) in [5.41, 5.74) is -0.241. The van der Waals surface area contributed by atoms with Gasteiger partial charge in [-0.05, 0) is 43.9 Å². The maximum Gasteiger partial charge on any atom is 0.256 e. The molecular weight excluding hydrogens is 302 g/mol. The van der Waals surface area contributed by atoms with Crippen LogP contribution in [0.3, 0.4) is 0 Å². The summed E-state index contributed by atoms with van der Waals surface area (Å²) in [4.78, 5) is 28.1. The van der Waals surface area contributed by atoms with Gasteiger partial charge in [-0.1, -0.05) is 0 Å². The van der Waals surface area contributed by atoms with Crippen molar-refractivity contribution in [3.63, 3.8) is 0 Å². The molecule has 1 aromatic rings. The standard InChI is InChI=1S/C17H20F2N2O2/c18-13-3-4-15(19)14(11-13)17(23)21-9-5-12(6-10-21)16(22)20-7-1-2-8-20/h3-4,11-12H,1-2,5-10H2. The topological polar surface area (TPSA) is 40.6 Å². The van der Waals surface area contributed by atoms with Crippen molar-refractivity contribution in [1.29, 1.82) is 0 Å². The molecule has 0 N–H and O–H groups in total. The number of piperidine rings is 1. The number of hydrogen-bond donors (Lipinski definition) is 0. The Morgan fingerprint density at radius 3 is 2.26 bits per heavy atom. The van der Waals surface area contributed by atoms with E-state index in [1.165, 1.54) is 4.90 Å².